The topological polar surface area (TPSA) is 117 Å². The highest BCUT2D eigenvalue weighted by molar-refractivity contribution is 5.80. The second-order valence-corrected chi connectivity index (χ2v) is 7.69. The van der Waals surface area contributed by atoms with Gasteiger partial charge in [0.1, 0.15) is 5.75 Å². The van der Waals surface area contributed by atoms with Gasteiger partial charge in [-0.05, 0) is 72.0 Å². The number of phenolic OH excluding ortho intramolecular Hbond substituents is 1. The first kappa shape index (κ1) is 23.8. The van der Waals surface area contributed by atoms with E-state index in [2.05, 4.69) is 11.6 Å². The highest BCUT2D eigenvalue weighted by atomic mass is 16.6. The number of aliphatic hydroxyl groups excluding tert-OH is 2. The van der Waals surface area contributed by atoms with E-state index in [-0.39, 0.29) is 11.4 Å². The molecule has 0 unspecified atom stereocenters. The summed E-state index contributed by atoms with van der Waals surface area (Å²) in [6.45, 7) is 3.75. The maximum atomic E-state index is 10.9. The summed E-state index contributed by atoms with van der Waals surface area (Å²) in [5.41, 5.74) is 2.81. The molecule has 1 heterocycles. The van der Waals surface area contributed by atoms with E-state index in [1.165, 1.54) is 30.3 Å². The number of aromatic hydroxyl groups is 1. The van der Waals surface area contributed by atoms with Gasteiger partial charge in [0.15, 0.2) is 0 Å². The zero-order valence-corrected chi connectivity index (χ0v) is 18.0. The number of nitro benzene ring substituents is 1. The van der Waals surface area contributed by atoms with E-state index < -0.39 is 23.0 Å². The van der Waals surface area contributed by atoms with Gasteiger partial charge in [0.25, 0.3) is 5.69 Å². The molecule has 3 aromatic rings. The van der Waals surface area contributed by atoms with Crippen molar-refractivity contribution in [2.24, 2.45) is 5.92 Å². The Morgan fingerprint density at radius 1 is 1.09 bits per heavy atom. The zero-order valence-electron chi connectivity index (χ0n) is 18.0. The molecule has 7 nitrogen and oxygen atoms in total. The van der Waals surface area contributed by atoms with Crippen LogP contribution in [0.5, 0.6) is 5.75 Å². The zero-order chi connectivity index (χ0) is 23.8. The standard InChI is InChI=1S/C26H26N2O5/c1-2-23(26(31)19-9-12-21(13-10-19)28(32)33)25(30)14-11-20(24-8-3-4-15-27-24)16-18-6-5-7-22(29)17-18/h2-10,12-13,15-17,23,25-26,29-31H,1,11,14H2/b20-16-/t23-,25-,26-/m1/s1. The van der Waals surface area contributed by atoms with Gasteiger partial charge in [-0.3, -0.25) is 15.1 Å². The van der Waals surface area contributed by atoms with E-state index in [0.29, 0.717) is 18.4 Å². The van der Waals surface area contributed by atoms with E-state index in [9.17, 15) is 25.4 Å². The molecule has 170 valence electrons. The van der Waals surface area contributed by atoms with Crippen LogP contribution in [0.3, 0.4) is 0 Å². The largest absolute Gasteiger partial charge is 0.508 e. The number of aromatic nitrogens is 1. The van der Waals surface area contributed by atoms with Gasteiger partial charge in [0.05, 0.1) is 22.8 Å². The molecular formula is C26H26N2O5. The lowest BCUT2D eigenvalue weighted by Gasteiger charge is -2.25. The molecule has 3 N–H and O–H groups in total. The van der Waals surface area contributed by atoms with Crippen LogP contribution in [0.15, 0.2) is 85.6 Å². The molecule has 0 bridgehead atoms. The highest BCUT2D eigenvalue weighted by Gasteiger charge is 2.26. The number of non-ortho nitro benzene ring substituents is 1. The smallest absolute Gasteiger partial charge is 0.269 e. The van der Waals surface area contributed by atoms with E-state index in [0.717, 1.165) is 16.8 Å². The third kappa shape index (κ3) is 6.35. The molecule has 0 aliphatic heterocycles. The molecule has 33 heavy (non-hydrogen) atoms. The molecule has 0 saturated heterocycles. The molecule has 0 spiro atoms. The van der Waals surface area contributed by atoms with Crippen LogP contribution in [-0.4, -0.2) is 31.3 Å². The molecule has 3 atom stereocenters. The van der Waals surface area contributed by atoms with Crippen molar-refractivity contribution in [3.05, 3.63) is 113 Å². The van der Waals surface area contributed by atoms with Gasteiger partial charge >= 0.3 is 0 Å². The molecule has 0 radical (unpaired) electrons. The van der Waals surface area contributed by atoms with Crippen LogP contribution in [0.1, 0.15) is 35.8 Å². The van der Waals surface area contributed by atoms with Crippen molar-refractivity contribution in [3.8, 4) is 5.75 Å². The van der Waals surface area contributed by atoms with Gasteiger partial charge in [0, 0.05) is 24.2 Å². The van der Waals surface area contributed by atoms with Gasteiger partial charge in [-0.2, -0.15) is 0 Å². The summed E-state index contributed by atoms with van der Waals surface area (Å²) >= 11 is 0. The summed E-state index contributed by atoms with van der Waals surface area (Å²) < 4.78 is 0. The van der Waals surface area contributed by atoms with E-state index in [4.69, 9.17) is 0 Å². The van der Waals surface area contributed by atoms with Crippen LogP contribution in [0.4, 0.5) is 5.69 Å². The summed E-state index contributed by atoms with van der Waals surface area (Å²) in [7, 11) is 0. The summed E-state index contributed by atoms with van der Waals surface area (Å²) in [6, 6.07) is 18.0. The van der Waals surface area contributed by atoms with Gasteiger partial charge in [-0.15, -0.1) is 6.58 Å². The molecule has 7 heteroatoms. The molecule has 0 aliphatic rings. The maximum Gasteiger partial charge on any atom is 0.269 e. The quantitative estimate of drug-likeness (QED) is 0.231. The van der Waals surface area contributed by atoms with Crippen molar-refractivity contribution in [1.82, 2.24) is 4.98 Å². The lowest BCUT2D eigenvalue weighted by Crippen LogP contribution is -2.25. The Morgan fingerprint density at radius 2 is 1.85 bits per heavy atom. The van der Waals surface area contributed by atoms with Gasteiger partial charge in [-0.1, -0.05) is 24.3 Å². The molecule has 0 aliphatic carbocycles. The molecular weight excluding hydrogens is 420 g/mol. The fraction of sp³-hybridized carbons (Fsp3) is 0.192. The second kappa shape index (κ2) is 11.2. The Balaban J connectivity index is 1.77. The first-order valence-electron chi connectivity index (χ1n) is 10.5. The molecule has 0 saturated carbocycles. The van der Waals surface area contributed by atoms with Crippen molar-refractivity contribution < 1.29 is 20.2 Å². The lowest BCUT2D eigenvalue weighted by molar-refractivity contribution is -0.384. The summed E-state index contributed by atoms with van der Waals surface area (Å²) in [5, 5.41) is 42.3. The first-order valence-corrected chi connectivity index (χ1v) is 10.5. The normalized spacial score (nSPS) is 14.3. The Morgan fingerprint density at radius 3 is 2.45 bits per heavy atom. The van der Waals surface area contributed by atoms with E-state index in [1.54, 1.807) is 24.4 Å². The average molecular weight is 447 g/mol. The third-order valence-corrected chi connectivity index (χ3v) is 5.44. The van der Waals surface area contributed by atoms with Crippen molar-refractivity contribution in [2.75, 3.05) is 0 Å². The minimum atomic E-state index is -1.06. The van der Waals surface area contributed by atoms with Gasteiger partial charge in [-0.25, -0.2) is 0 Å². The summed E-state index contributed by atoms with van der Waals surface area (Å²) in [4.78, 5) is 14.8. The van der Waals surface area contributed by atoms with E-state index >= 15 is 0 Å². The number of hydrogen-bond donors (Lipinski definition) is 3. The predicted octanol–water partition coefficient (Wildman–Crippen LogP) is 4.91. The number of nitrogens with zero attached hydrogens (tertiary/aromatic N) is 2. The van der Waals surface area contributed by atoms with Crippen LogP contribution < -0.4 is 0 Å². The number of hydrogen-bond acceptors (Lipinski definition) is 6. The van der Waals surface area contributed by atoms with Crippen molar-refractivity contribution >= 4 is 17.3 Å². The van der Waals surface area contributed by atoms with Gasteiger partial charge in [0.2, 0.25) is 0 Å². The third-order valence-electron chi connectivity index (χ3n) is 5.44. The predicted molar refractivity (Wildman–Crippen MR) is 127 cm³/mol. The van der Waals surface area contributed by atoms with Crippen LogP contribution in [0.2, 0.25) is 0 Å². The van der Waals surface area contributed by atoms with E-state index in [1.807, 2.05) is 30.3 Å². The second-order valence-electron chi connectivity index (χ2n) is 7.69. The minimum absolute atomic E-state index is 0.0706. The average Bonchev–Trinajstić information content (AvgIpc) is 2.82. The van der Waals surface area contributed by atoms with Crippen LogP contribution >= 0.6 is 0 Å². The Hall–Kier alpha value is -3.81. The number of pyridine rings is 1. The lowest BCUT2D eigenvalue weighted by atomic mass is 9.87. The molecule has 1 aromatic heterocycles. The Labute approximate surface area is 192 Å². The Kier molecular flexibility index (Phi) is 8.07. The van der Waals surface area contributed by atoms with Crippen LogP contribution in [-0.2, 0) is 0 Å². The highest BCUT2D eigenvalue weighted by Crippen LogP contribution is 2.31. The molecule has 3 rings (SSSR count). The molecule has 2 aromatic carbocycles. The summed E-state index contributed by atoms with van der Waals surface area (Å²) in [6.07, 6.45) is 3.90. The maximum absolute atomic E-state index is 10.9. The SMILES string of the molecule is C=C[C@H]([C@H](O)CC/C(=C/c1cccc(O)c1)c1ccccn1)[C@H](O)c1ccc([N+](=O)[O-])cc1. The fourth-order valence-electron chi connectivity index (χ4n) is 3.65. The van der Waals surface area contributed by atoms with Crippen molar-refractivity contribution in [3.63, 3.8) is 0 Å². The van der Waals surface area contributed by atoms with Crippen LogP contribution in [0, 0.1) is 16.0 Å². The monoisotopic (exact) mass is 446 g/mol. The number of nitro groups is 1. The van der Waals surface area contributed by atoms with Crippen molar-refractivity contribution in [2.45, 2.75) is 25.0 Å². The number of phenols is 1. The number of allylic oxidation sites excluding steroid dienone is 1. The van der Waals surface area contributed by atoms with Crippen molar-refractivity contribution in [1.29, 1.82) is 0 Å². The number of aliphatic hydroxyl groups is 2. The number of rotatable bonds is 10. The fourth-order valence-corrected chi connectivity index (χ4v) is 3.65. The van der Waals surface area contributed by atoms with Crippen LogP contribution in [0.25, 0.3) is 11.6 Å². The first-order chi connectivity index (χ1) is 15.9. The summed E-state index contributed by atoms with van der Waals surface area (Å²) in [5.74, 6) is -0.515. The molecule has 0 fully saturated rings. The Bertz CT molecular complexity index is 1110. The minimum Gasteiger partial charge on any atom is -0.508 e. The molecule has 0 amide bonds. The number of benzene rings is 2. The van der Waals surface area contributed by atoms with Gasteiger partial charge < -0.3 is 15.3 Å².